The van der Waals surface area contributed by atoms with Crippen molar-refractivity contribution in [3.63, 3.8) is 0 Å². The molecule has 0 aromatic rings. The van der Waals surface area contributed by atoms with E-state index in [9.17, 15) is 4.79 Å². The van der Waals surface area contributed by atoms with Gasteiger partial charge in [-0.05, 0) is 45.4 Å². The second-order valence-corrected chi connectivity index (χ2v) is 5.79. The lowest BCUT2D eigenvalue weighted by atomic mass is 10.1. The molecule has 16 heavy (non-hydrogen) atoms. The fourth-order valence-electron chi connectivity index (χ4n) is 1.78. The van der Waals surface area contributed by atoms with Gasteiger partial charge >= 0.3 is 6.09 Å². The Morgan fingerprint density at radius 3 is 2.50 bits per heavy atom. The summed E-state index contributed by atoms with van der Waals surface area (Å²) in [7, 11) is 0. The Hall–Kier alpha value is -0.770. The number of hydrogen-bond donors (Lipinski definition) is 2. The molecule has 1 aliphatic carbocycles. The fraction of sp³-hybridized carbons (Fsp3) is 0.917. The molecule has 1 fully saturated rings. The van der Waals surface area contributed by atoms with E-state index in [2.05, 4.69) is 12.2 Å². The standard InChI is InChI=1S/C12H24N2O2/c1-8-5-9(8)6-10(7-13)14-11(15)16-12(2,3)4/h8-10H,5-7,13H2,1-4H3,(H,14,15). The number of rotatable bonds is 4. The van der Waals surface area contributed by atoms with E-state index in [1.807, 2.05) is 20.8 Å². The van der Waals surface area contributed by atoms with E-state index in [1.54, 1.807) is 0 Å². The van der Waals surface area contributed by atoms with Crippen LogP contribution in [-0.2, 0) is 4.74 Å². The van der Waals surface area contributed by atoms with Gasteiger partial charge in [-0.1, -0.05) is 6.92 Å². The molecule has 3 N–H and O–H groups in total. The van der Waals surface area contributed by atoms with Crippen LogP contribution in [0.4, 0.5) is 4.79 Å². The van der Waals surface area contributed by atoms with Gasteiger partial charge in [0.25, 0.3) is 0 Å². The van der Waals surface area contributed by atoms with Gasteiger partial charge in [0.1, 0.15) is 5.60 Å². The molecule has 1 aliphatic rings. The maximum absolute atomic E-state index is 11.5. The summed E-state index contributed by atoms with van der Waals surface area (Å²) in [5.74, 6) is 1.51. The average Bonchev–Trinajstić information content (AvgIpc) is 2.77. The first-order valence-corrected chi connectivity index (χ1v) is 6.01. The zero-order valence-corrected chi connectivity index (χ0v) is 10.7. The van der Waals surface area contributed by atoms with Gasteiger partial charge in [-0.3, -0.25) is 0 Å². The molecule has 0 heterocycles. The molecule has 1 rings (SSSR count). The summed E-state index contributed by atoms with van der Waals surface area (Å²) in [6, 6.07) is 0.0461. The van der Waals surface area contributed by atoms with Crippen LogP contribution >= 0.6 is 0 Å². The number of amides is 1. The molecule has 0 radical (unpaired) electrons. The lowest BCUT2D eigenvalue weighted by Gasteiger charge is -2.23. The highest BCUT2D eigenvalue weighted by atomic mass is 16.6. The zero-order chi connectivity index (χ0) is 12.3. The summed E-state index contributed by atoms with van der Waals surface area (Å²) in [5, 5.41) is 2.83. The van der Waals surface area contributed by atoms with Crippen LogP contribution < -0.4 is 11.1 Å². The molecular formula is C12H24N2O2. The van der Waals surface area contributed by atoms with Crippen LogP contribution in [0.2, 0.25) is 0 Å². The molecule has 0 spiro atoms. The van der Waals surface area contributed by atoms with Crippen molar-refractivity contribution in [1.82, 2.24) is 5.32 Å². The Morgan fingerprint density at radius 1 is 1.56 bits per heavy atom. The first kappa shape index (κ1) is 13.3. The van der Waals surface area contributed by atoms with E-state index in [1.165, 1.54) is 6.42 Å². The van der Waals surface area contributed by atoms with Crippen molar-refractivity contribution in [2.45, 2.75) is 52.2 Å². The van der Waals surface area contributed by atoms with Gasteiger partial charge in [0.05, 0.1) is 0 Å². The number of carbonyl (C=O) groups is 1. The number of hydrogen-bond acceptors (Lipinski definition) is 3. The molecule has 1 amide bonds. The minimum Gasteiger partial charge on any atom is -0.444 e. The van der Waals surface area contributed by atoms with Crippen LogP contribution in [0, 0.1) is 11.8 Å². The van der Waals surface area contributed by atoms with Gasteiger partial charge in [-0.15, -0.1) is 0 Å². The van der Waals surface area contributed by atoms with Crippen LogP contribution in [0.5, 0.6) is 0 Å². The zero-order valence-electron chi connectivity index (χ0n) is 10.7. The third-order valence-electron chi connectivity index (χ3n) is 2.87. The Kier molecular flexibility index (Phi) is 4.19. The lowest BCUT2D eigenvalue weighted by molar-refractivity contribution is 0.0502. The molecule has 0 aliphatic heterocycles. The van der Waals surface area contributed by atoms with E-state index in [-0.39, 0.29) is 12.1 Å². The summed E-state index contributed by atoms with van der Waals surface area (Å²) in [5.41, 5.74) is 5.19. The highest BCUT2D eigenvalue weighted by molar-refractivity contribution is 5.68. The average molecular weight is 228 g/mol. The van der Waals surface area contributed by atoms with Crippen LogP contribution in [0.1, 0.15) is 40.5 Å². The third kappa shape index (κ3) is 4.84. The molecule has 1 saturated carbocycles. The highest BCUT2D eigenvalue weighted by Gasteiger charge is 2.34. The molecule has 4 nitrogen and oxygen atoms in total. The van der Waals surface area contributed by atoms with Crippen LogP contribution in [-0.4, -0.2) is 24.3 Å². The lowest BCUT2D eigenvalue weighted by Crippen LogP contribution is -2.43. The first-order chi connectivity index (χ1) is 7.31. The van der Waals surface area contributed by atoms with Crippen molar-refractivity contribution in [2.75, 3.05) is 6.54 Å². The van der Waals surface area contributed by atoms with Crippen LogP contribution in [0.15, 0.2) is 0 Å². The summed E-state index contributed by atoms with van der Waals surface area (Å²) in [6.45, 7) is 8.27. The summed E-state index contributed by atoms with van der Waals surface area (Å²) in [6.07, 6.45) is 1.86. The predicted molar refractivity (Wildman–Crippen MR) is 64.1 cm³/mol. The minimum atomic E-state index is -0.448. The molecule has 0 aromatic heterocycles. The summed E-state index contributed by atoms with van der Waals surface area (Å²) < 4.78 is 5.19. The molecule has 3 atom stereocenters. The Balaban J connectivity index is 2.29. The van der Waals surface area contributed by atoms with Crippen molar-refractivity contribution in [1.29, 1.82) is 0 Å². The summed E-state index contributed by atoms with van der Waals surface area (Å²) in [4.78, 5) is 11.5. The van der Waals surface area contributed by atoms with Gasteiger partial charge in [-0.25, -0.2) is 4.79 Å². The largest absolute Gasteiger partial charge is 0.444 e. The van der Waals surface area contributed by atoms with Crippen molar-refractivity contribution in [3.05, 3.63) is 0 Å². The van der Waals surface area contributed by atoms with Crippen LogP contribution in [0.3, 0.4) is 0 Å². The number of ether oxygens (including phenoxy) is 1. The van der Waals surface area contributed by atoms with E-state index >= 15 is 0 Å². The molecule has 3 unspecified atom stereocenters. The third-order valence-corrected chi connectivity index (χ3v) is 2.87. The molecule has 4 heteroatoms. The molecular weight excluding hydrogens is 204 g/mol. The number of nitrogens with two attached hydrogens (primary N) is 1. The normalized spacial score (nSPS) is 26.1. The smallest absolute Gasteiger partial charge is 0.407 e. The maximum Gasteiger partial charge on any atom is 0.407 e. The molecule has 94 valence electrons. The second kappa shape index (κ2) is 5.04. The fourth-order valence-corrected chi connectivity index (χ4v) is 1.78. The van der Waals surface area contributed by atoms with Gasteiger partial charge in [0, 0.05) is 12.6 Å². The maximum atomic E-state index is 11.5. The summed E-state index contributed by atoms with van der Waals surface area (Å²) >= 11 is 0. The van der Waals surface area contributed by atoms with Gasteiger partial charge in [-0.2, -0.15) is 0 Å². The Bertz CT molecular complexity index is 248. The van der Waals surface area contributed by atoms with E-state index in [0.29, 0.717) is 6.54 Å². The monoisotopic (exact) mass is 228 g/mol. The predicted octanol–water partition coefficient (Wildman–Crippen LogP) is 1.88. The topological polar surface area (TPSA) is 64.3 Å². The van der Waals surface area contributed by atoms with Gasteiger partial charge in [0.15, 0.2) is 0 Å². The number of nitrogens with one attached hydrogen (secondary N) is 1. The quantitative estimate of drug-likeness (QED) is 0.772. The Morgan fingerprint density at radius 2 is 2.12 bits per heavy atom. The number of alkyl carbamates (subject to hydrolysis) is 1. The van der Waals surface area contributed by atoms with Crippen molar-refractivity contribution in [2.24, 2.45) is 17.6 Å². The van der Waals surface area contributed by atoms with E-state index in [0.717, 1.165) is 18.3 Å². The van der Waals surface area contributed by atoms with E-state index < -0.39 is 5.60 Å². The first-order valence-electron chi connectivity index (χ1n) is 6.01. The second-order valence-electron chi connectivity index (χ2n) is 5.79. The van der Waals surface area contributed by atoms with Crippen molar-refractivity contribution >= 4 is 6.09 Å². The Labute approximate surface area is 97.9 Å². The number of carbonyl (C=O) groups excluding carboxylic acids is 1. The van der Waals surface area contributed by atoms with Gasteiger partial charge < -0.3 is 15.8 Å². The minimum absolute atomic E-state index is 0.0461. The molecule has 0 bridgehead atoms. The van der Waals surface area contributed by atoms with E-state index in [4.69, 9.17) is 10.5 Å². The van der Waals surface area contributed by atoms with Crippen molar-refractivity contribution in [3.8, 4) is 0 Å². The molecule has 0 saturated heterocycles. The van der Waals surface area contributed by atoms with Crippen LogP contribution in [0.25, 0.3) is 0 Å². The van der Waals surface area contributed by atoms with Crippen molar-refractivity contribution < 1.29 is 9.53 Å². The molecule has 0 aromatic carbocycles. The van der Waals surface area contributed by atoms with Gasteiger partial charge in [0.2, 0.25) is 0 Å². The highest BCUT2D eigenvalue weighted by Crippen LogP contribution is 2.41. The SMILES string of the molecule is CC1CC1CC(CN)NC(=O)OC(C)(C)C.